The summed E-state index contributed by atoms with van der Waals surface area (Å²) in [6.45, 7) is 0. The second-order valence-corrected chi connectivity index (χ2v) is 13.9. The van der Waals surface area contributed by atoms with E-state index in [1.54, 1.807) is 97.5 Å². The Morgan fingerprint density at radius 2 is 0.774 bits per heavy atom. The number of carbonyl (C=O) groups is 2. The molecule has 7 aromatic rings. The van der Waals surface area contributed by atoms with E-state index in [-0.39, 0.29) is 11.1 Å². The zero-order chi connectivity index (χ0) is 43.9. The fourth-order valence-corrected chi connectivity index (χ4v) is 7.32. The third kappa shape index (κ3) is 8.61. The number of aromatic nitrogens is 2. The van der Waals surface area contributed by atoms with Gasteiger partial charge in [0.25, 0.3) is 11.8 Å². The number of fused-ring (bicyclic) bond motifs is 2. The standard InChI is InChI=1S/C48H46N4O10/c1-55-39-19-27-12-14-49-37(33(27)23-43(39)59-5)17-31-21-41(57-3)45(61-7)25-35(31)51-47(53)29-10-9-11-30(16-29)48(54)52-36-26-46(62-8)42(58-4)22-32(36)18-38-34-24-44(60-6)40(56-2)20-28(34)13-15-50-38/h9-16,19-26H,17-18H2,1-8H3,(H,51,53)(H,52,54). The fourth-order valence-electron chi connectivity index (χ4n) is 7.32. The zero-order valence-electron chi connectivity index (χ0n) is 35.6. The molecular formula is C48H46N4O10. The van der Waals surface area contributed by atoms with Crippen LogP contribution in [0.4, 0.5) is 11.4 Å². The first-order valence-corrected chi connectivity index (χ1v) is 19.4. The van der Waals surface area contributed by atoms with E-state index in [0.717, 1.165) is 32.9 Å². The summed E-state index contributed by atoms with van der Waals surface area (Å²) in [5.74, 6) is 3.19. The van der Waals surface area contributed by atoms with Crippen molar-refractivity contribution in [3.05, 3.63) is 131 Å². The number of pyridine rings is 2. The van der Waals surface area contributed by atoms with Gasteiger partial charge in [0.1, 0.15) is 0 Å². The molecule has 2 N–H and O–H groups in total. The molecule has 0 aliphatic carbocycles. The summed E-state index contributed by atoms with van der Waals surface area (Å²) in [6.07, 6.45) is 4.07. The second kappa shape index (κ2) is 18.7. The number of hydrogen-bond donors (Lipinski definition) is 2. The van der Waals surface area contributed by atoms with Gasteiger partial charge in [-0.05, 0) is 88.6 Å². The molecule has 0 saturated heterocycles. The lowest BCUT2D eigenvalue weighted by Gasteiger charge is -2.18. The summed E-state index contributed by atoms with van der Waals surface area (Å²) in [7, 11) is 12.5. The molecule has 14 heteroatoms. The van der Waals surface area contributed by atoms with Crippen molar-refractivity contribution in [2.45, 2.75) is 12.8 Å². The molecular weight excluding hydrogens is 793 g/mol. The minimum atomic E-state index is -0.453. The Bertz CT molecular complexity index is 2620. The van der Waals surface area contributed by atoms with Crippen LogP contribution in [0.1, 0.15) is 43.2 Å². The number of methoxy groups -OCH3 is 8. The maximum absolute atomic E-state index is 14.1. The molecule has 7 rings (SSSR count). The predicted molar refractivity (Wildman–Crippen MR) is 237 cm³/mol. The topological polar surface area (TPSA) is 158 Å². The Hall–Kier alpha value is -7.74. The van der Waals surface area contributed by atoms with E-state index in [4.69, 9.17) is 47.9 Å². The van der Waals surface area contributed by atoms with Gasteiger partial charge in [0.2, 0.25) is 0 Å². The predicted octanol–water partition coefficient (Wildman–Crippen LogP) is 8.54. The zero-order valence-corrected chi connectivity index (χ0v) is 35.6. The summed E-state index contributed by atoms with van der Waals surface area (Å²) in [4.78, 5) is 37.5. The summed E-state index contributed by atoms with van der Waals surface area (Å²) >= 11 is 0. The highest BCUT2D eigenvalue weighted by atomic mass is 16.5. The molecule has 0 saturated carbocycles. The Morgan fingerprint density at radius 3 is 1.15 bits per heavy atom. The average Bonchev–Trinajstić information content (AvgIpc) is 3.31. The van der Waals surface area contributed by atoms with Crippen LogP contribution in [0.5, 0.6) is 46.0 Å². The molecule has 2 amide bonds. The molecule has 0 aliphatic heterocycles. The van der Waals surface area contributed by atoms with Gasteiger partial charge in [0.05, 0.1) is 68.3 Å². The number of carbonyl (C=O) groups excluding carboxylic acids is 2. The Morgan fingerprint density at radius 1 is 0.435 bits per heavy atom. The Kier molecular flexibility index (Phi) is 12.8. The molecule has 62 heavy (non-hydrogen) atoms. The number of ether oxygens (including phenoxy) is 8. The molecule has 2 heterocycles. The van der Waals surface area contributed by atoms with Gasteiger partial charge in [-0.2, -0.15) is 0 Å². The summed E-state index contributed by atoms with van der Waals surface area (Å²) in [6, 6.07) is 24.8. The lowest BCUT2D eigenvalue weighted by Crippen LogP contribution is -2.17. The van der Waals surface area contributed by atoms with Crippen molar-refractivity contribution in [3.8, 4) is 46.0 Å². The molecule has 0 bridgehead atoms. The van der Waals surface area contributed by atoms with Crippen LogP contribution in [-0.2, 0) is 12.8 Å². The van der Waals surface area contributed by atoms with E-state index in [0.29, 0.717) is 81.3 Å². The molecule has 0 unspecified atom stereocenters. The Balaban J connectivity index is 1.18. The third-order valence-electron chi connectivity index (χ3n) is 10.5. The van der Waals surface area contributed by atoms with E-state index in [1.165, 1.54) is 20.3 Å². The highest BCUT2D eigenvalue weighted by molar-refractivity contribution is 6.09. The molecule has 0 radical (unpaired) electrons. The van der Waals surface area contributed by atoms with Gasteiger partial charge < -0.3 is 48.5 Å². The normalized spacial score (nSPS) is 10.8. The maximum atomic E-state index is 14.1. The van der Waals surface area contributed by atoms with E-state index < -0.39 is 11.8 Å². The van der Waals surface area contributed by atoms with Crippen LogP contribution in [0.3, 0.4) is 0 Å². The highest BCUT2D eigenvalue weighted by Crippen LogP contribution is 2.39. The number of benzene rings is 5. The van der Waals surface area contributed by atoms with Gasteiger partial charge in [-0.1, -0.05) is 6.07 Å². The van der Waals surface area contributed by atoms with Crippen molar-refractivity contribution in [3.63, 3.8) is 0 Å². The first-order chi connectivity index (χ1) is 30.1. The first kappa shape index (κ1) is 42.4. The molecule has 2 aromatic heterocycles. The van der Waals surface area contributed by atoms with Crippen LogP contribution in [-0.4, -0.2) is 78.7 Å². The van der Waals surface area contributed by atoms with E-state index >= 15 is 0 Å². The van der Waals surface area contributed by atoms with Crippen LogP contribution in [0.2, 0.25) is 0 Å². The number of amides is 2. The van der Waals surface area contributed by atoms with Crippen LogP contribution in [0, 0.1) is 0 Å². The summed E-state index contributed by atoms with van der Waals surface area (Å²) < 4.78 is 44.7. The fraction of sp³-hybridized carbons (Fsp3) is 0.208. The lowest BCUT2D eigenvalue weighted by atomic mass is 10.0. The molecule has 0 atom stereocenters. The minimum Gasteiger partial charge on any atom is -0.493 e. The van der Waals surface area contributed by atoms with E-state index in [1.807, 2.05) is 36.4 Å². The molecule has 0 fully saturated rings. The minimum absolute atomic E-state index is 0.246. The van der Waals surface area contributed by atoms with Crippen LogP contribution in [0.25, 0.3) is 21.5 Å². The smallest absolute Gasteiger partial charge is 0.255 e. The van der Waals surface area contributed by atoms with E-state index in [2.05, 4.69) is 10.6 Å². The van der Waals surface area contributed by atoms with Crippen molar-refractivity contribution < 1.29 is 47.5 Å². The summed E-state index contributed by atoms with van der Waals surface area (Å²) in [5.41, 5.74) is 4.31. The van der Waals surface area contributed by atoms with Gasteiger partial charge in [-0.15, -0.1) is 0 Å². The molecule has 0 aliphatic rings. The number of anilines is 2. The van der Waals surface area contributed by atoms with Gasteiger partial charge in [-0.3, -0.25) is 19.6 Å². The number of rotatable bonds is 16. The number of nitrogens with one attached hydrogen (secondary N) is 2. The third-order valence-corrected chi connectivity index (χ3v) is 10.5. The van der Waals surface area contributed by atoms with Crippen molar-refractivity contribution in [1.29, 1.82) is 0 Å². The lowest BCUT2D eigenvalue weighted by molar-refractivity contribution is 0.102. The van der Waals surface area contributed by atoms with Gasteiger partial charge in [0, 0.05) is 70.6 Å². The van der Waals surface area contributed by atoms with Crippen molar-refractivity contribution >= 4 is 44.7 Å². The van der Waals surface area contributed by atoms with E-state index in [9.17, 15) is 9.59 Å². The van der Waals surface area contributed by atoms with Crippen molar-refractivity contribution in [2.24, 2.45) is 0 Å². The quantitative estimate of drug-likeness (QED) is 0.0957. The van der Waals surface area contributed by atoms with Crippen molar-refractivity contribution in [1.82, 2.24) is 9.97 Å². The van der Waals surface area contributed by atoms with Crippen LogP contribution < -0.4 is 48.5 Å². The van der Waals surface area contributed by atoms with Gasteiger partial charge >= 0.3 is 0 Å². The first-order valence-electron chi connectivity index (χ1n) is 19.4. The largest absolute Gasteiger partial charge is 0.493 e. The number of hydrogen-bond acceptors (Lipinski definition) is 12. The van der Waals surface area contributed by atoms with Crippen LogP contribution >= 0.6 is 0 Å². The summed E-state index contributed by atoms with van der Waals surface area (Å²) in [5, 5.41) is 9.59. The average molecular weight is 839 g/mol. The molecule has 0 spiro atoms. The molecule has 5 aromatic carbocycles. The maximum Gasteiger partial charge on any atom is 0.255 e. The van der Waals surface area contributed by atoms with Crippen molar-refractivity contribution in [2.75, 3.05) is 67.5 Å². The van der Waals surface area contributed by atoms with Gasteiger partial charge in [0.15, 0.2) is 46.0 Å². The van der Waals surface area contributed by atoms with Crippen LogP contribution in [0.15, 0.2) is 97.3 Å². The second-order valence-electron chi connectivity index (χ2n) is 13.9. The molecule has 14 nitrogen and oxygen atoms in total. The number of nitrogens with zero attached hydrogens (tertiary/aromatic N) is 2. The monoisotopic (exact) mass is 838 g/mol. The highest BCUT2D eigenvalue weighted by Gasteiger charge is 2.21. The SMILES string of the molecule is COc1cc(Cc2nccc3cc(OC)c(OC)cc23)c(NC(=O)c2cccc(C(=O)Nc3cc(OC)c(OC)cc3Cc3nccc4cc(OC)c(OC)cc34)c2)cc1OC. The van der Waals surface area contributed by atoms with Gasteiger partial charge in [-0.25, -0.2) is 0 Å². The molecule has 318 valence electrons. The Labute approximate surface area is 358 Å².